The summed E-state index contributed by atoms with van der Waals surface area (Å²) in [5.41, 5.74) is 4.14. The van der Waals surface area contributed by atoms with Gasteiger partial charge in [-0.25, -0.2) is 8.78 Å². The number of rotatable bonds is 5. The Morgan fingerprint density at radius 1 is 0.800 bits per heavy atom. The number of aromatic nitrogens is 2. The lowest BCUT2D eigenvalue weighted by Gasteiger charge is -2.24. The van der Waals surface area contributed by atoms with Crippen molar-refractivity contribution in [3.63, 3.8) is 0 Å². The fourth-order valence-electron chi connectivity index (χ4n) is 6.01. The summed E-state index contributed by atoms with van der Waals surface area (Å²) in [6, 6.07) is 16.5. The normalized spacial score (nSPS) is 19.7. The first-order valence-corrected chi connectivity index (χ1v) is 17.2. The summed E-state index contributed by atoms with van der Waals surface area (Å²) in [6.45, 7) is 2.77. The van der Waals surface area contributed by atoms with Crippen molar-refractivity contribution < 1.29 is 23.1 Å². The summed E-state index contributed by atoms with van der Waals surface area (Å²) >= 11 is 5.95. The van der Waals surface area contributed by atoms with E-state index in [-0.39, 0.29) is 35.5 Å². The molecule has 2 fully saturated rings. The first kappa shape index (κ1) is 31.7. The second-order valence-electron chi connectivity index (χ2n) is 11.1. The number of amides is 2. The molecule has 3 aliphatic rings. The lowest BCUT2D eigenvalue weighted by molar-refractivity contribution is 0.0723. The van der Waals surface area contributed by atoms with Crippen LogP contribution in [-0.4, -0.2) is 56.7 Å². The number of carbonyl (C=O) groups is 2. The third-order valence-corrected chi connectivity index (χ3v) is 10.4. The minimum atomic E-state index is -0.256. The molecule has 2 unspecified atom stereocenters. The highest BCUT2D eigenvalue weighted by atomic mass is 79.9. The molecule has 0 bridgehead atoms. The van der Waals surface area contributed by atoms with Crippen LogP contribution in [-0.2, 0) is 4.74 Å². The molecule has 2 atom stereocenters. The van der Waals surface area contributed by atoms with Crippen LogP contribution < -0.4 is 0 Å². The Hall–Kier alpha value is -3.32. The maximum atomic E-state index is 13.2. The van der Waals surface area contributed by atoms with Gasteiger partial charge in [-0.05, 0) is 124 Å². The van der Waals surface area contributed by atoms with E-state index in [1.54, 1.807) is 30.3 Å². The Kier molecular flexibility index (Phi) is 10.1. The minimum Gasteiger partial charge on any atom is -0.377 e. The number of likely N-dealkylation sites (tertiary alicyclic amines) is 2. The second-order valence-corrected chi connectivity index (χ2v) is 14.1. The van der Waals surface area contributed by atoms with Gasteiger partial charge in [0.2, 0.25) is 0 Å². The van der Waals surface area contributed by atoms with Gasteiger partial charge >= 0.3 is 0 Å². The van der Waals surface area contributed by atoms with Crippen LogP contribution in [0.2, 0.25) is 0 Å². The first-order valence-electron chi connectivity index (χ1n) is 14.9. The van der Waals surface area contributed by atoms with Crippen LogP contribution in [0.25, 0.3) is 5.57 Å². The molecule has 5 heterocycles. The SMILES string of the molecule is O=C(c1cc(Br)sn1)N1CCCC1c1ccc(F)cc1.O=C(c1cc(C2=CCOCC2)sn1)N1CCCC1c1ccc(F)cc1. The van der Waals surface area contributed by atoms with Crippen molar-refractivity contribution in [3.8, 4) is 0 Å². The van der Waals surface area contributed by atoms with Gasteiger partial charge in [-0.15, -0.1) is 0 Å². The summed E-state index contributed by atoms with van der Waals surface area (Å²) in [7, 11) is 0. The molecule has 2 amide bonds. The molecule has 0 saturated carbocycles. The van der Waals surface area contributed by atoms with Crippen molar-refractivity contribution in [2.24, 2.45) is 0 Å². The predicted molar refractivity (Wildman–Crippen MR) is 174 cm³/mol. The van der Waals surface area contributed by atoms with Gasteiger partial charge < -0.3 is 14.5 Å². The molecule has 0 spiro atoms. The Labute approximate surface area is 277 Å². The van der Waals surface area contributed by atoms with E-state index in [0.29, 0.717) is 31.1 Å². The van der Waals surface area contributed by atoms with E-state index in [1.165, 1.54) is 52.9 Å². The maximum absolute atomic E-state index is 13.2. The Bertz CT molecular complexity index is 1680. The van der Waals surface area contributed by atoms with Crippen LogP contribution in [0, 0.1) is 11.6 Å². The number of carbonyl (C=O) groups excluding carboxylic acids is 2. The molecule has 2 aromatic heterocycles. The third-order valence-electron chi connectivity index (χ3n) is 8.25. The molecule has 234 valence electrons. The number of hydrogen-bond donors (Lipinski definition) is 0. The topological polar surface area (TPSA) is 75.6 Å². The fraction of sp³-hybridized carbons (Fsp3) is 0.333. The van der Waals surface area contributed by atoms with Gasteiger partial charge in [0.15, 0.2) is 0 Å². The average Bonchev–Trinajstić information content (AvgIpc) is 3.89. The van der Waals surface area contributed by atoms with E-state index in [4.69, 9.17) is 4.74 Å². The Balaban J connectivity index is 0.000000163. The highest BCUT2D eigenvalue weighted by Gasteiger charge is 2.33. The molecule has 12 heteroatoms. The summed E-state index contributed by atoms with van der Waals surface area (Å²) in [4.78, 5) is 30.2. The van der Waals surface area contributed by atoms with Crippen LogP contribution in [0.4, 0.5) is 8.78 Å². The molecule has 2 aromatic carbocycles. The molecule has 45 heavy (non-hydrogen) atoms. The van der Waals surface area contributed by atoms with Gasteiger partial charge in [0, 0.05) is 13.1 Å². The van der Waals surface area contributed by atoms with Gasteiger partial charge in [0.1, 0.15) is 23.0 Å². The number of benzene rings is 2. The molecule has 0 radical (unpaired) electrons. The molecule has 7 rings (SSSR count). The van der Waals surface area contributed by atoms with Crippen LogP contribution in [0.3, 0.4) is 0 Å². The highest BCUT2D eigenvalue weighted by molar-refractivity contribution is 9.11. The van der Waals surface area contributed by atoms with Crippen LogP contribution in [0.1, 0.15) is 81.2 Å². The van der Waals surface area contributed by atoms with Crippen molar-refractivity contribution in [3.05, 3.63) is 110 Å². The van der Waals surface area contributed by atoms with E-state index in [2.05, 4.69) is 30.8 Å². The van der Waals surface area contributed by atoms with E-state index in [9.17, 15) is 18.4 Å². The van der Waals surface area contributed by atoms with E-state index in [1.807, 2.05) is 15.9 Å². The summed E-state index contributed by atoms with van der Waals surface area (Å²) in [5.74, 6) is -0.609. The van der Waals surface area contributed by atoms with E-state index in [0.717, 1.165) is 58.4 Å². The molecule has 0 aliphatic carbocycles. The third kappa shape index (κ3) is 7.40. The largest absolute Gasteiger partial charge is 0.377 e. The lowest BCUT2D eigenvalue weighted by Crippen LogP contribution is -2.30. The fourth-order valence-corrected chi connectivity index (χ4v) is 7.72. The zero-order chi connectivity index (χ0) is 31.3. The molecule has 4 aromatic rings. The second kappa shape index (κ2) is 14.4. The van der Waals surface area contributed by atoms with Crippen molar-refractivity contribution in [1.82, 2.24) is 18.5 Å². The average molecular weight is 714 g/mol. The quantitative estimate of drug-likeness (QED) is 0.209. The standard InChI is InChI=1S/C19H19FN2O2S.C14H12BrFN2OS/c20-15-5-3-13(4-6-15)17-2-1-9-22(17)19(23)16-12-18(25-21-16)14-7-10-24-11-8-14;15-13-8-11(17-20-13)14(19)18-7-1-2-12(18)9-3-5-10(16)6-4-9/h3-7,12,17H,1-2,8-11H2;3-6,8,12H,1-2,7H2. The zero-order valence-electron chi connectivity index (χ0n) is 24.3. The lowest BCUT2D eigenvalue weighted by atomic mass is 10.0. The van der Waals surface area contributed by atoms with Crippen molar-refractivity contribution >= 4 is 56.4 Å². The van der Waals surface area contributed by atoms with Gasteiger partial charge in [-0.3, -0.25) is 9.59 Å². The van der Waals surface area contributed by atoms with Crippen LogP contribution in [0.5, 0.6) is 0 Å². The summed E-state index contributed by atoms with van der Waals surface area (Å²) in [5, 5.41) is 0. The molecule has 0 N–H and O–H groups in total. The number of halogens is 3. The number of hydrogen-bond acceptors (Lipinski definition) is 7. The van der Waals surface area contributed by atoms with Gasteiger partial charge in [0.25, 0.3) is 11.8 Å². The maximum Gasteiger partial charge on any atom is 0.274 e. The van der Waals surface area contributed by atoms with Gasteiger partial charge in [0.05, 0.1) is 34.0 Å². The van der Waals surface area contributed by atoms with Crippen molar-refractivity contribution in [2.45, 2.75) is 44.2 Å². The first-order chi connectivity index (χ1) is 21.9. The Morgan fingerprint density at radius 2 is 1.33 bits per heavy atom. The van der Waals surface area contributed by atoms with E-state index < -0.39 is 0 Å². The molecular weight excluding hydrogens is 682 g/mol. The van der Waals surface area contributed by atoms with Crippen molar-refractivity contribution in [1.29, 1.82) is 0 Å². The van der Waals surface area contributed by atoms with Gasteiger partial charge in [-0.1, -0.05) is 30.3 Å². The molecule has 3 aliphatic heterocycles. The van der Waals surface area contributed by atoms with Crippen LogP contribution >= 0.6 is 39.0 Å². The van der Waals surface area contributed by atoms with Crippen LogP contribution in [0.15, 0.2) is 70.5 Å². The van der Waals surface area contributed by atoms with Crippen molar-refractivity contribution in [2.75, 3.05) is 26.3 Å². The smallest absolute Gasteiger partial charge is 0.274 e. The zero-order valence-corrected chi connectivity index (χ0v) is 27.6. The molecular formula is C33H31BrF2N4O3S2. The summed E-state index contributed by atoms with van der Waals surface area (Å²) < 4.78 is 40.9. The monoisotopic (exact) mass is 712 g/mol. The Morgan fingerprint density at radius 3 is 1.82 bits per heavy atom. The number of nitrogens with zero attached hydrogens (tertiary/aromatic N) is 4. The predicted octanol–water partition coefficient (Wildman–Crippen LogP) is 8.09. The molecule has 2 saturated heterocycles. The minimum absolute atomic E-state index is 0.000506. The number of ether oxygens (including phenoxy) is 1. The summed E-state index contributed by atoms with van der Waals surface area (Å²) in [6.07, 6.45) is 6.63. The van der Waals surface area contributed by atoms with E-state index >= 15 is 0 Å². The molecule has 7 nitrogen and oxygen atoms in total. The highest BCUT2D eigenvalue weighted by Crippen LogP contribution is 2.35. The van der Waals surface area contributed by atoms with Gasteiger partial charge in [-0.2, -0.15) is 8.75 Å².